The van der Waals surface area contributed by atoms with Gasteiger partial charge in [-0.15, -0.1) is 0 Å². The number of aromatic hydroxyl groups is 1. The van der Waals surface area contributed by atoms with Gasteiger partial charge in [0.2, 0.25) is 0 Å². The van der Waals surface area contributed by atoms with E-state index >= 15 is 0 Å². The SMILES string of the molecule is Cc1ccc(-c2cn3ccccc3n2)cc1.O=[N+]([O-])c1cc([N+](=O)[O-])c(O)c([N+](=O)[O-])c1. The van der Waals surface area contributed by atoms with Crippen molar-refractivity contribution in [2.45, 2.75) is 6.92 Å². The Kier molecular flexibility index (Phi) is 6.05. The van der Waals surface area contributed by atoms with Crippen molar-refractivity contribution in [3.63, 3.8) is 0 Å². The molecule has 12 heteroatoms. The lowest BCUT2D eigenvalue weighted by atomic mass is 10.1. The van der Waals surface area contributed by atoms with Gasteiger partial charge in [-0.3, -0.25) is 30.3 Å². The minimum absolute atomic E-state index is 0.447. The maximum atomic E-state index is 10.4. The number of aryl methyl sites for hydroxylation is 1. The number of phenolic OH excluding ortho intramolecular Hbond substituents is 1. The van der Waals surface area contributed by atoms with Crippen molar-refractivity contribution in [1.82, 2.24) is 9.38 Å². The highest BCUT2D eigenvalue weighted by molar-refractivity contribution is 5.65. The predicted molar refractivity (Wildman–Crippen MR) is 113 cm³/mol. The second kappa shape index (κ2) is 8.87. The number of pyridine rings is 1. The van der Waals surface area contributed by atoms with Crippen molar-refractivity contribution in [2.24, 2.45) is 0 Å². The van der Waals surface area contributed by atoms with Crippen LogP contribution in [0.25, 0.3) is 16.9 Å². The van der Waals surface area contributed by atoms with E-state index in [1.165, 1.54) is 5.56 Å². The summed E-state index contributed by atoms with van der Waals surface area (Å²) in [5, 5.41) is 40.2. The first-order chi connectivity index (χ1) is 15.2. The van der Waals surface area contributed by atoms with Crippen LogP contribution in [0.2, 0.25) is 0 Å². The second-order valence-corrected chi connectivity index (χ2v) is 6.56. The summed E-state index contributed by atoms with van der Waals surface area (Å²) in [6, 6.07) is 15.4. The lowest BCUT2D eigenvalue weighted by Crippen LogP contribution is -1.97. The summed E-state index contributed by atoms with van der Waals surface area (Å²) in [6.45, 7) is 2.09. The van der Waals surface area contributed by atoms with Crippen molar-refractivity contribution in [2.75, 3.05) is 0 Å². The van der Waals surface area contributed by atoms with Gasteiger partial charge in [0, 0.05) is 18.0 Å². The first-order valence-electron chi connectivity index (χ1n) is 8.98. The molecule has 162 valence electrons. The van der Waals surface area contributed by atoms with Crippen LogP contribution in [0.15, 0.2) is 67.0 Å². The summed E-state index contributed by atoms with van der Waals surface area (Å²) in [7, 11) is 0. The molecule has 0 aliphatic carbocycles. The van der Waals surface area contributed by atoms with Crippen LogP contribution in [-0.4, -0.2) is 29.3 Å². The Balaban J connectivity index is 0.000000181. The van der Waals surface area contributed by atoms with E-state index in [0.717, 1.165) is 16.9 Å². The number of nitro groups is 3. The number of non-ortho nitro benzene ring substituents is 1. The molecule has 0 bridgehead atoms. The van der Waals surface area contributed by atoms with Gasteiger partial charge in [0.05, 0.1) is 32.6 Å². The van der Waals surface area contributed by atoms with Crippen LogP contribution >= 0.6 is 0 Å². The van der Waals surface area contributed by atoms with Crippen molar-refractivity contribution < 1.29 is 19.9 Å². The van der Waals surface area contributed by atoms with Crippen molar-refractivity contribution in [3.8, 4) is 17.0 Å². The van der Waals surface area contributed by atoms with Crippen LogP contribution < -0.4 is 0 Å². The summed E-state index contributed by atoms with van der Waals surface area (Å²) in [4.78, 5) is 32.3. The summed E-state index contributed by atoms with van der Waals surface area (Å²) < 4.78 is 2.04. The van der Waals surface area contributed by atoms with E-state index in [1.54, 1.807) is 0 Å². The third kappa shape index (κ3) is 4.64. The lowest BCUT2D eigenvalue weighted by molar-refractivity contribution is -0.404. The quantitative estimate of drug-likeness (QED) is 0.361. The lowest BCUT2D eigenvalue weighted by Gasteiger charge is -1.97. The molecule has 0 amide bonds. The molecule has 0 spiro atoms. The van der Waals surface area contributed by atoms with Crippen LogP contribution in [0.1, 0.15) is 5.56 Å². The van der Waals surface area contributed by atoms with Gasteiger partial charge in [0.15, 0.2) is 0 Å². The molecule has 0 saturated carbocycles. The summed E-state index contributed by atoms with van der Waals surface area (Å²) in [6.07, 6.45) is 4.07. The van der Waals surface area contributed by atoms with Crippen LogP contribution in [0, 0.1) is 37.3 Å². The zero-order valence-electron chi connectivity index (χ0n) is 16.5. The first kappa shape index (κ1) is 21.8. The van der Waals surface area contributed by atoms with Crippen molar-refractivity contribution >= 4 is 22.7 Å². The van der Waals surface area contributed by atoms with E-state index in [1.807, 2.05) is 28.8 Å². The van der Waals surface area contributed by atoms with E-state index in [9.17, 15) is 30.3 Å². The molecule has 0 radical (unpaired) electrons. The Morgan fingerprint density at radius 3 is 1.97 bits per heavy atom. The topological polar surface area (TPSA) is 167 Å². The van der Waals surface area contributed by atoms with E-state index in [4.69, 9.17) is 5.11 Å². The minimum Gasteiger partial charge on any atom is -0.497 e. The normalized spacial score (nSPS) is 10.3. The Bertz CT molecular complexity index is 1260. The van der Waals surface area contributed by atoms with Crippen LogP contribution in [0.5, 0.6) is 5.75 Å². The van der Waals surface area contributed by atoms with Gasteiger partial charge < -0.3 is 9.51 Å². The van der Waals surface area contributed by atoms with Gasteiger partial charge >= 0.3 is 11.4 Å². The van der Waals surface area contributed by atoms with Crippen molar-refractivity contribution in [1.29, 1.82) is 0 Å². The number of nitrogens with zero attached hydrogens (tertiary/aromatic N) is 5. The third-order valence-electron chi connectivity index (χ3n) is 4.37. The van der Waals surface area contributed by atoms with E-state index < -0.39 is 37.6 Å². The monoisotopic (exact) mass is 437 g/mol. The number of fused-ring (bicyclic) bond motifs is 1. The second-order valence-electron chi connectivity index (χ2n) is 6.56. The fourth-order valence-electron chi connectivity index (χ4n) is 2.77. The fourth-order valence-corrected chi connectivity index (χ4v) is 2.77. The molecule has 0 saturated heterocycles. The minimum atomic E-state index is -1.21. The number of nitro benzene ring substituents is 3. The molecule has 2 aromatic heterocycles. The zero-order chi connectivity index (χ0) is 23.4. The highest BCUT2D eigenvalue weighted by atomic mass is 16.6. The van der Waals surface area contributed by atoms with E-state index in [2.05, 4.69) is 42.4 Å². The number of hydrogen-bond acceptors (Lipinski definition) is 8. The Morgan fingerprint density at radius 1 is 0.875 bits per heavy atom. The van der Waals surface area contributed by atoms with Crippen LogP contribution in [0.4, 0.5) is 17.1 Å². The third-order valence-corrected chi connectivity index (χ3v) is 4.37. The predicted octanol–water partition coefficient (Wildman–Crippen LogP) is 4.43. The maximum absolute atomic E-state index is 10.4. The molecule has 4 aromatic rings. The molecular formula is C20H15N5O7. The standard InChI is InChI=1S/C14H12N2.C6H3N3O7/c1-11-5-7-12(8-6-11)13-10-16-9-3-2-4-14(16)15-13;10-6-4(8(13)14)1-3(7(11)12)2-5(6)9(15)16/h2-10H,1H3;1-2,10H. The molecule has 0 atom stereocenters. The molecule has 2 aromatic carbocycles. The van der Waals surface area contributed by atoms with Crippen LogP contribution in [0.3, 0.4) is 0 Å². The first-order valence-corrected chi connectivity index (χ1v) is 8.98. The molecule has 32 heavy (non-hydrogen) atoms. The van der Waals surface area contributed by atoms with Gasteiger partial charge in [0.1, 0.15) is 5.65 Å². The van der Waals surface area contributed by atoms with Gasteiger partial charge in [-0.2, -0.15) is 0 Å². The summed E-state index contributed by atoms with van der Waals surface area (Å²) in [5.74, 6) is -1.21. The molecule has 12 nitrogen and oxygen atoms in total. The highest BCUT2D eigenvalue weighted by Crippen LogP contribution is 2.38. The van der Waals surface area contributed by atoms with E-state index in [0.29, 0.717) is 12.1 Å². The van der Waals surface area contributed by atoms with Crippen LogP contribution in [-0.2, 0) is 0 Å². The molecule has 0 unspecified atom stereocenters. The molecule has 1 N–H and O–H groups in total. The number of benzene rings is 2. The Labute approximate surface area is 179 Å². The molecule has 0 fully saturated rings. The molecule has 0 aliphatic heterocycles. The average molecular weight is 437 g/mol. The molecule has 2 heterocycles. The smallest absolute Gasteiger partial charge is 0.324 e. The molecular weight excluding hydrogens is 422 g/mol. The largest absolute Gasteiger partial charge is 0.497 e. The fraction of sp³-hybridized carbons (Fsp3) is 0.0500. The summed E-state index contributed by atoms with van der Waals surface area (Å²) >= 11 is 0. The molecule has 0 aliphatic rings. The number of phenols is 1. The Morgan fingerprint density at radius 2 is 1.47 bits per heavy atom. The summed E-state index contributed by atoms with van der Waals surface area (Å²) in [5.41, 5.74) is 1.43. The van der Waals surface area contributed by atoms with Gasteiger partial charge in [-0.1, -0.05) is 35.9 Å². The van der Waals surface area contributed by atoms with Crippen molar-refractivity contribution in [3.05, 3.63) is 103 Å². The highest BCUT2D eigenvalue weighted by Gasteiger charge is 2.30. The molecule has 4 rings (SSSR count). The number of aromatic nitrogens is 2. The maximum Gasteiger partial charge on any atom is 0.324 e. The number of hydrogen-bond donors (Lipinski definition) is 1. The van der Waals surface area contributed by atoms with Gasteiger partial charge in [0.25, 0.3) is 11.4 Å². The average Bonchev–Trinajstić information content (AvgIpc) is 3.18. The van der Waals surface area contributed by atoms with E-state index in [-0.39, 0.29) is 0 Å². The van der Waals surface area contributed by atoms with Gasteiger partial charge in [-0.25, -0.2) is 4.98 Å². The number of imidazole rings is 1. The zero-order valence-corrected chi connectivity index (χ0v) is 16.5. The van der Waals surface area contributed by atoms with Gasteiger partial charge in [-0.05, 0) is 19.1 Å². The Hall–Kier alpha value is -4.87. The number of rotatable bonds is 4.